The van der Waals surface area contributed by atoms with Gasteiger partial charge in [0.25, 0.3) is 0 Å². The molecule has 40 heavy (non-hydrogen) atoms. The second-order valence-electron chi connectivity index (χ2n) is 9.81. The Bertz CT molecular complexity index is 1210. The number of carbonyl (C=O) groups is 2. The van der Waals surface area contributed by atoms with Gasteiger partial charge in [-0.05, 0) is 78.6 Å². The number of nitrogens with one attached hydrogen (secondary N) is 2. The monoisotopic (exact) mass is 680 g/mol. The highest BCUT2D eigenvalue weighted by atomic mass is 127. The molecule has 0 aliphatic heterocycles. The van der Waals surface area contributed by atoms with Crippen molar-refractivity contribution in [2.24, 2.45) is 11.3 Å². The molecule has 3 N–H and O–H groups in total. The maximum Gasteiger partial charge on any atom is 0.407 e. The maximum absolute atomic E-state index is 14.3. The number of terminal acetylenes is 1. The topological polar surface area (TPSA) is 87.7 Å². The van der Waals surface area contributed by atoms with Crippen LogP contribution in [0.2, 0.25) is 0 Å². The molecule has 3 atom stereocenters. The summed E-state index contributed by atoms with van der Waals surface area (Å²) in [5.74, 6) is -1.51. The van der Waals surface area contributed by atoms with Crippen LogP contribution in [0.5, 0.6) is 0 Å². The molecule has 218 valence electrons. The van der Waals surface area contributed by atoms with Gasteiger partial charge in [0, 0.05) is 34.2 Å². The van der Waals surface area contributed by atoms with Crippen molar-refractivity contribution in [2.45, 2.75) is 51.6 Å². The summed E-state index contributed by atoms with van der Waals surface area (Å²) in [6.45, 7) is 1.01. The Morgan fingerprint density at radius 2 is 1.70 bits per heavy atom. The van der Waals surface area contributed by atoms with Crippen LogP contribution in [0, 0.1) is 38.9 Å². The van der Waals surface area contributed by atoms with Gasteiger partial charge in [-0.15, -0.1) is 6.42 Å². The number of hydrogen-bond donors (Lipinski definition) is 3. The van der Waals surface area contributed by atoms with Gasteiger partial charge in [0.05, 0.1) is 18.6 Å². The largest absolute Gasteiger partial charge is 0.453 e. The SMILES string of the molecule is C#Cc1cc(F)c(CNC[C@H](O)[C@@H](CC(=O)[C@@H](NC(=O)OC)C(C)(C)C(F)(F)F)Cc2ccc(I)cc2)c(F)c1. The first-order chi connectivity index (χ1) is 18.6. The van der Waals surface area contributed by atoms with E-state index in [1.807, 2.05) is 5.32 Å². The Morgan fingerprint density at radius 3 is 2.20 bits per heavy atom. The van der Waals surface area contributed by atoms with Gasteiger partial charge in [0.2, 0.25) is 0 Å². The van der Waals surface area contributed by atoms with Crippen LogP contribution in [0.25, 0.3) is 0 Å². The molecular weight excluding hydrogens is 650 g/mol. The second kappa shape index (κ2) is 14.2. The number of amides is 1. The number of hydrogen-bond acceptors (Lipinski definition) is 5. The molecule has 0 radical (unpaired) electrons. The molecule has 2 aromatic rings. The van der Waals surface area contributed by atoms with E-state index in [4.69, 9.17) is 6.42 Å². The second-order valence-corrected chi connectivity index (χ2v) is 11.1. The third-order valence-corrected chi connectivity index (χ3v) is 7.32. The van der Waals surface area contributed by atoms with Crippen molar-refractivity contribution in [3.63, 3.8) is 0 Å². The normalized spacial score (nSPS) is 14.1. The van der Waals surface area contributed by atoms with E-state index >= 15 is 0 Å². The Labute approximate surface area is 243 Å². The fourth-order valence-electron chi connectivity index (χ4n) is 4.01. The maximum atomic E-state index is 14.3. The van der Waals surface area contributed by atoms with Crippen LogP contribution in [0.15, 0.2) is 36.4 Å². The summed E-state index contributed by atoms with van der Waals surface area (Å²) in [5.41, 5.74) is -2.25. The minimum Gasteiger partial charge on any atom is -0.453 e. The Balaban J connectivity index is 2.28. The average molecular weight is 680 g/mol. The van der Waals surface area contributed by atoms with E-state index in [1.165, 1.54) is 0 Å². The molecule has 2 rings (SSSR count). The van der Waals surface area contributed by atoms with E-state index in [2.05, 4.69) is 38.6 Å². The summed E-state index contributed by atoms with van der Waals surface area (Å²) in [5, 5.41) is 15.7. The van der Waals surface area contributed by atoms with Crippen LogP contribution < -0.4 is 10.6 Å². The number of ether oxygens (including phenoxy) is 1. The van der Waals surface area contributed by atoms with E-state index in [-0.39, 0.29) is 30.6 Å². The fourth-order valence-corrected chi connectivity index (χ4v) is 4.37. The number of aliphatic hydroxyl groups is 1. The van der Waals surface area contributed by atoms with Crippen molar-refractivity contribution < 1.29 is 41.4 Å². The molecule has 6 nitrogen and oxygen atoms in total. The molecule has 0 aromatic heterocycles. The molecule has 1 amide bonds. The average Bonchev–Trinajstić information content (AvgIpc) is 2.88. The van der Waals surface area contributed by atoms with Gasteiger partial charge in [0.1, 0.15) is 17.7 Å². The standard InChI is InChI=1S/C28H30F5IN2O4/c1-5-16-11-21(29)20(22(30)12-16)14-35-15-24(38)18(10-17-6-8-19(34)9-7-17)13-23(37)25(36-26(39)40-4)27(2,3)28(31,32)33/h1,6-9,11-12,18,24-25,35,38H,10,13-15H2,2-4H3,(H,36,39)/t18-,24+,25-/m1/s1. The lowest BCUT2D eigenvalue weighted by molar-refractivity contribution is -0.220. The summed E-state index contributed by atoms with van der Waals surface area (Å²) in [7, 11) is 0.957. The fraction of sp³-hybridized carbons (Fsp3) is 0.429. The van der Waals surface area contributed by atoms with Gasteiger partial charge in [-0.1, -0.05) is 18.1 Å². The van der Waals surface area contributed by atoms with E-state index < -0.39 is 59.6 Å². The van der Waals surface area contributed by atoms with E-state index in [0.717, 1.165) is 36.7 Å². The van der Waals surface area contributed by atoms with Gasteiger partial charge >= 0.3 is 12.3 Å². The minimum atomic E-state index is -4.86. The predicted molar refractivity (Wildman–Crippen MR) is 147 cm³/mol. The van der Waals surface area contributed by atoms with Gasteiger partial charge in [0.15, 0.2) is 5.78 Å². The Morgan fingerprint density at radius 1 is 1.12 bits per heavy atom. The number of benzene rings is 2. The summed E-state index contributed by atoms with van der Waals surface area (Å²) < 4.78 is 75.4. The van der Waals surface area contributed by atoms with Gasteiger partial charge in [-0.2, -0.15) is 13.2 Å². The zero-order valence-corrected chi connectivity index (χ0v) is 24.2. The summed E-state index contributed by atoms with van der Waals surface area (Å²) in [6, 6.07) is 7.06. The number of halogens is 6. The quantitative estimate of drug-likeness (QED) is 0.165. The first-order valence-electron chi connectivity index (χ1n) is 12.1. The van der Waals surface area contributed by atoms with Crippen molar-refractivity contribution in [1.82, 2.24) is 10.6 Å². The van der Waals surface area contributed by atoms with E-state index in [1.54, 1.807) is 24.3 Å². The Kier molecular flexibility index (Phi) is 11.9. The lowest BCUT2D eigenvalue weighted by Gasteiger charge is -2.36. The molecule has 2 aromatic carbocycles. The Hall–Kier alpha value is -2.76. The van der Waals surface area contributed by atoms with Crippen molar-refractivity contribution >= 4 is 34.5 Å². The van der Waals surface area contributed by atoms with Crippen molar-refractivity contribution in [1.29, 1.82) is 0 Å². The minimum absolute atomic E-state index is 0.0202. The molecule has 0 heterocycles. The molecular formula is C28H30F5IN2O4. The zero-order valence-electron chi connectivity index (χ0n) is 22.0. The van der Waals surface area contributed by atoms with Crippen LogP contribution in [0.4, 0.5) is 26.7 Å². The zero-order chi connectivity index (χ0) is 30.3. The van der Waals surface area contributed by atoms with Crippen LogP contribution in [-0.4, -0.2) is 49.0 Å². The van der Waals surface area contributed by atoms with E-state index in [9.17, 15) is 36.6 Å². The molecule has 0 bridgehead atoms. The number of carbonyl (C=O) groups excluding carboxylic acids is 2. The predicted octanol–water partition coefficient (Wildman–Crippen LogP) is 5.13. The van der Waals surface area contributed by atoms with Crippen molar-refractivity contribution in [3.8, 4) is 12.3 Å². The number of ketones is 1. The highest BCUT2D eigenvalue weighted by Crippen LogP contribution is 2.41. The van der Waals surface area contributed by atoms with E-state index in [0.29, 0.717) is 5.56 Å². The highest BCUT2D eigenvalue weighted by Gasteiger charge is 2.55. The van der Waals surface area contributed by atoms with Gasteiger partial charge < -0.3 is 20.5 Å². The first kappa shape index (κ1) is 33.4. The molecule has 12 heteroatoms. The summed E-state index contributed by atoms with van der Waals surface area (Å²) >= 11 is 2.09. The summed E-state index contributed by atoms with van der Waals surface area (Å²) in [6.07, 6.45) is -2.65. The molecule has 0 aliphatic carbocycles. The molecule has 0 saturated carbocycles. The number of aliphatic hydroxyl groups excluding tert-OH is 1. The molecule has 0 aliphatic rings. The first-order valence-corrected chi connectivity index (χ1v) is 13.2. The number of alkyl halides is 3. The van der Waals surface area contributed by atoms with Crippen LogP contribution in [0.3, 0.4) is 0 Å². The van der Waals surface area contributed by atoms with Gasteiger partial charge in [-0.3, -0.25) is 4.79 Å². The molecule has 0 fully saturated rings. The number of rotatable bonds is 12. The van der Waals surface area contributed by atoms with Crippen LogP contribution in [0.1, 0.15) is 37.0 Å². The third kappa shape index (κ3) is 8.87. The number of methoxy groups -OCH3 is 1. The van der Waals surface area contributed by atoms with Crippen LogP contribution in [-0.2, 0) is 22.5 Å². The number of Topliss-reactive ketones (excluding diaryl/α,β-unsaturated/α-hetero) is 1. The molecule has 0 unspecified atom stereocenters. The summed E-state index contributed by atoms with van der Waals surface area (Å²) in [4.78, 5) is 25.1. The molecule has 0 saturated heterocycles. The highest BCUT2D eigenvalue weighted by molar-refractivity contribution is 14.1. The smallest absolute Gasteiger partial charge is 0.407 e. The van der Waals surface area contributed by atoms with Crippen LogP contribution >= 0.6 is 22.6 Å². The third-order valence-electron chi connectivity index (χ3n) is 6.60. The number of alkyl carbamates (subject to hydrolysis) is 1. The molecule has 0 spiro atoms. The van der Waals surface area contributed by atoms with Crippen molar-refractivity contribution in [3.05, 3.63) is 68.3 Å². The van der Waals surface area contributed by atoms with Crippen molar-refractivity contribution in [2.75, 3.05) is 13.7 Å². The van der Waals surface area contributed by atoms with Gasteiger partial charge in [-0.25, -0.2) is 13.6 Å². The lowest BCUT2D eigenvalue weighted by Crippen LogP contribution is -2.56. The lowest BCUT2D eigenvalue weighted by atomic mass is 9.77.